The molecule has 3 rings (SSSR count). The third kappa shape index (κ3) is 2.04. The van der Waals surface area contributed by atoms with E-state index >= 15 is 0 Å². The Balaban J connectivity index is 2.01. The molecule has 2 N–H and O–H groups in total. The van der Waals surface area contributed by atoms with E-state index in [4.69, 9.17) is 10.5 Å². The van der Waals surface area contributed by atoms with Crippen LogP contribution in [0.1, 0.15) is 0 Å². The van der Waals surface area contributed by atoms with Crippen LogP contribution in [0.3, 0.4) is 0 Å². The van der Waals surface area contributed by atoms with E-state index < -0.39 is 0 Å². The zero-order valence-electron chi connectivity index (χ0n) is 9.87. The molecule has 0 radical (unpaired) electrons. The van der Waals surface area contributed by atoms with Crippen molar-refractivity contribution in [3.05, 3.63) is 24.5 Å². The molecule has 18 heavy (non-hydrogen) atoms. The van der Waals surface area contributed by atoms with Crippen molar-refractivity contribution in [2.75, 3.05) is 36.9 Å². The summed E-state index contributed by atoms with van der Waals surface area (Å²) in [7, 11) is 0. The van der Waals surface area contributed by atoms with Crippen LogP contribution in [0, 0.1) is 0 Å². The van der Waals surface area contributed by atoms with E-state index in [1.54, 1.807) is 12.4 Å². The lowest BCUT2D eigenvalue weighted by Crippen LogP contribution is -2.35. The summed E-state index contributed by atoms with van der Waals surface area (Å²) in [5.41, 5.74) is 8.09. The summed E-state index contributed by atoms with van der Waals surface area (Å²) in [6.45, 7) is 3.29. The quantitative estimate of drug-likeness (QED) is 0.891. The van der Waals surface area contributed by atoms with Gasteiger partial charge in [0.2, 0.25) is 0 Å². The first kappa shape index (κ1) is 11.4. The number of nitrogen functional groups attached to an aromatic ring is 1. The van der Waals surface area contributed by atoms with E-state index in [9.17, 15) is 0 Å². The van der Waals surface area contributed by atoms with Crippen LogP contribution in [0.25, 0.3) is 11.1 Å². The van der Waals surface area contributed by atoms with Crippen molar-refractivity contribution >= 4 is 22.4 Å². The molecule has 2 aromatic heterocycles. The third-order valence-electron chi connectivity index (χ3n) is 2.97. The normalized spacial score (nSPS) is 15.9. The highest BCUT2D eigenvalue weighted by atomic mass is 32.1. The SMILES string of the molecule is Nc1nsc(N2CCOCC2)c1-c1ccncc1. The van der Waals surface area contributed by atoms with Gasteiger partial charge in [0.15, 0.2) is 0 Å². The highest BCUT2D eigenvalue weighted by Gasteiger charge is 2.20. The van der Waals surface area contributed by atoms with Crippen molar-refractivity contribution in [3.63, 3.8) is 0 Å². The van der Waals surface area contributed by atoms with Gasteiger partial charge in [-0.15, -0.1) is 0 Å². The maximum atomic E-state index is 6.00. The van der Waals surface area contributed by atoms with Crippen LogP contribution in [-0.2, 0) is 4.74 Å². The van der Waals surface area contributed by atoms with E-state index in [0.29, 0.717) is 5.82 Å². The van der Waals surface area contributed by atoms with Gasteiger partial charge in [0.1, 0.15) is 10.8 Å². The minimum Gasteiger partial charge on any atom is -0.382 e. The van der Waals surface area contributed by atoms with Crippen molar-refractivity contribution in [2.24, 2.45) is 0 Å². The molecule has 2 aromatic rings. The average Bonchev–Trinajstić information content (AvgIpc) is 2.83. The lowest BCUT2D eigenvalue weighted by molar-refractivity contribution is 0.123. The summed E-state index contributed by atoms with van der Waals surface area (Å²) in [4.78, 5) is 6.32. The van der Waals surface area contributed by atoms with E-state index in [1.807, 2.05) is 12.1 Å². The first-order chi connectivity index (χ1) is 8.86. The van der Waals surface area contributed by atoms with Gasteiger partial charge in [-0.25, -0.2) is 0 Å². The average molecular weight is 262 g/mol. The molecule has 0 aromatic carbocycles. The van der Waals surface area contributed by atoms with Crippen LogP contribution in [0.15, 0.2) is 24.5 Å². The maximum absolute atomic E-state index is 6.00. The molecule has 1 aliphatic rings. The molecular formula is C12H14N4OS. The van der Waals surface area contributed by atoms with Gasteiger partial charge >= 0.3 is 0 Å². The second-order valence-corrected chi connectivity index (χ2v) is 4.84. The molecule has 0 unspecified atom stereocenters. The van der Waals surface area contributed by atoms with E-state index in [2.05, 4.69) is 14.3 Å². The van der Waals surface area contributed by atoms with Gasteiger partial charge in [-0.2, -0.15) is 4.37 Å². The first-order valence-electron chi connectivity index (χ1n) is 5.84. The molecule has 94 valence electrons. The number of ether oxygens (including phenoxy) is 1. The number of nitrogens with two attached hydrogens (primary N) is 1. The third-order valence-corrected chi connectivity index (χ3v) is 3.89. The molecule has 0 bridgehead atoms. The second-order valence-electron chi connectivity index (χ2n) is 4.08. The van der Waals surface area contributed by atoms with E-state index in [0.717, 1.165) is 42.4 Å². The van der Waals surface area contributed by atoms with Crippen LogP contribution in [0.4, 0.5) is 10.8 Å². The minimum absolute atomic E-state index is 0.590. The van der Waals surface area contributed by atoms with Gasteiger partial charge < -0.3 is 15.4 Å². The summed E-state index contributed by atoms with van der Waals surface area (Å²) >= 11 is 1.45. The predicted octanol–water partition coefficient (Wildman–Crippen LogP) is 1.62. The lowest BCUT2D eigenvalue weighted by Gasteiger charge is -2.28. The molecule has 6 heteroatoms. The van der Waals surface area contributed by atoms with Crippen LogP contribution >= 0.6 is 11.5 Å². The van der Waals surface area contributed by atoms with Crippen molar-refractivity contribution < 1.29 is 4.74 Å². The fraction of sp³-hybridized carbons (Fsp3) is 0.333. The molecule has 3 heterocycles. The number of rotatable bonds is 2. The van der Waals surface area contributed by atoms with E-state index in [-0.39, 0.29) is 0 Å². The van der Waals surface area contributed by atoms with Crippen LogP contribution in [0.2, 0.25) is 0 Å². The molecule has 0 spiro atoms. The summed E-state index contributed by atoms with van der Waals surface area (Å²) < 4.78 is 9.66. The fourth-order valence-electron chi connectivity index (χ4n) is 2.07. The minimum atomic E-state index is 0.590. The Labute approximate surface area is 109 Å². The Hall–Kier alpha value is -1.66. The number of anilines is 2. The van der Waals surface area contributed by atoms with Gasteiger partial charge in [-0.3, -0.25) is 4.98 Å². The Kier molecular flexibility index (Phi) is 3.12. The molecule has 1 fully saturated rings. The van der Waals surface area contributed by atoms with Crippen molar-refractivity contribution in [1.29, 1.82) is 0 Å². The van der Waals surface area contributed by atoms with Crippen molar-refractivity contribution in [2.45, 2.75) is 0 Å². The lowest BCUT2D eigenvalue weighted by atomic mass is 10.1. The largest absolute Gasteiger partial charge is 0.382 e. The topological polar surface area (TPSA) is 64.3 Å². The van der Waals surface area contributed by atoms with Gasteiger partial charge in [-0.05, 0) is 29.2 Å². The molecule has 0 aliphatic carbocycles. The van der Waals surface area contributed by atoms with Crippen LogP contribution in [0.5, 0.6) is 0 Å². The van der Waals surface area contributed by atoms with Crippen LogP contribution < -0.4 is 10.6 Å². The van der Waals surface area contributed by atoms with Gasteiger partial charge in [0.05, 0.1) is 18.8 Å². The number of nitrogens with zero attached hydrogens (tertiary/aromatic N) is 3. The first-order valence-corrected chi connectivity index (χ1v) is 6.62. The summed E-state index contributed by atoms with van der Waals surface area (Å²) in [6, 6.07) is 3.92. The van der Waals surface area contributed by atoms with Gasteiger partial charge in [0, 0.05) is 25.5 Å². The zero-order valence-corrected chi connectivity index (χ0v) is 10.7. The van der Waals surface area contributed by atoms with Crippen molar-refractivity contribution in [1.82, 2.24) is 9.36 Å². The molecular weight excluding hydrogens is 248 g/mol. The molecule has 0 amide bonds. The maximum Gasteiger partial charge on any atom is 0.147 e. The fourth-order valence-corrected chi connectivity index (χ4v) is 2.95. The highest BCUT2D eigenvalue weighted by molar-refractivity contribution is 7.11. The molecule has 0 saturated carbocycles. The predicted molar refractivity (Wildman–Crippen MR) is 72.8 cm³/mol. The van der Waals surface area contributed by atoms with Gasteiger partial charge in [0.25, 0.3) is 0 Å². The number of hydrogen-bond donors (Lipinski definition) is 1. The Bertz CT molecular complexity index is 522. The van der Waals surface area contributed by atoms with Crippen LogP contribution in [-0.4, -0.2) is 35.7 Å². The molecule has 0 atom stereocenters. The van der Waals surface area contributed by atoms with E-state index in [1.165, 1.54) is 11.5 Å². The number of morpholine rings is 1. The standard InChI is InChI=1S/C12H14N4OS/c13-11-10(9-1-3-14-4-2-9)12(18-15-11)16-5-7-17-8-6-16/h1-4H,5-8H2,(H2,13,15). The Morgan fingerprint density at radius 3 is 2.67 bits per heavy atom. The van der Waals surface area contributed by atoms with Crippen molar-refractivity contribution in [3.8, 4) is 11.1 Å². The highest BCUT2D eigenvalue weighted by Crippen LogP contribution is 2.39. The molecule has 5 nitrogen and oxygen atoms in total. The monoisotopic (exact) mass is 262 g/mol. The summed E-state index contributed by atoms with van der Waals surface area (Å²) in [5.74, 6) is 0.590. The number of pyridine rings is 1. The molecule has 1 saturated heterocycles. The summed E-state index contributed by atoms with van der Waals surface area (Å²) in [5, 5.41) is 1.13. The second kappa shape index (κ2) is 4.91. The Morgan fingerprint density at radius 1 is 1.22 bits per heavy atom. The smallest absolute Gasteiger partial charge is 0.147 e. The Morgan fingerprint density at radius 2 is 1.94 bits per heavy atom. The number of aromatic nitrogens is 2. The zero-order chi connectivity index (χ0) is 12.4. The molecule has 1 aliphatic heterocycles. The number of hydrogen-bond acceptors (Lipinski definition) is 6. The van der Waals surface area contributed by atoms with Gasteiger partial charge in [-0.1, -0.05) is 0 Å². The summed E-state index contributed by atoms with van der Waals surface area (Å²) in [6.07, 6.45) is 3.55.